The van der Waals surface area contributed by atoms with Gasteiger partial charge in [-0.1, -0.05) is 41.9 Å². The molecule has 0 aliphatic carbocycles. The van der Waals surface area contributed by atoms with Crippen molar-refractivity contribution in [2.75, 3.05) is 45.2 Å². The van der Waals surface area contributed by atoms with Crippen molar-refractivity contribution < 1.29 is 19.4 Å². The minimum absolute atomic E-state index is 0.0718. The van der Waals surface area contributed by atoms with E-state index in [0.717, 1.165) is 78.3 Å². The molecule has 3 fully saturated rings. The zero-order valence-corrected chi connectivity index (χ0v) is 27.9. The quantitative estimate of drug-likeness (QED) is 0.230. The number of aliphatic hydroxyl groups is 1. The lowest BCUT2D eigenvalue weighted by Crippen LogP contribution is -2.56. The summed E-state index contributed by atoms with van der Waals surface area (Å²) >= 11 is 7.06. The summed E-state index contributed by atoms with van der Waals surface area (Å²) in [4.78, 5) is 38.5. The molecule has 1 atom stereocenters. The van der Waals surface area contributed by atoms with E-state index in [1.165, 1.54) is 0 Å². The van der Waals surface area contributed by atoms with E-state index in [1.54, 1.807) is 25.6 Å². The number of likely N-dealkylation sites (tertiary alicyclic amines) is 2. The molecular formula is C37H39ClN6O4. The Kier molecular flexibility index (Phi) is 8.91. The van der Waals surface area contributed by atoms with Crippen LogP contribution in [-0.2, 0) is 17.9 Å². The monoisotopic (exact) mass is 666 g/mol. The van der Waals surface area contributed by atoms with E-state index in [4.69, 9.17) is 16.3 Å². The molecule has 248 valence electrons. The number of benzene rings is 2. The summed E-state index contributed by atoms with van der Waals surface area (Å²) in [6.45, 7) is 7.43. The summed E-state index contributed by atoms with van der Waals surface area (Å²) in [5.41, 5.74) is 7.16. The van der Waals surface area contributed by atoms with Gasteiger partial charge in [-0.15, -0.1) is 0 Å². The summed E-state index contributed by atoms with van der Waals surface area (Å²) in [5, 5.41) is 16.3. The number of ether oxygens (including phenoxy) is 1. The van der Waals surface area contributed by atoms with Crippen LogP contribution in [-0.4, -0.2) is 82.6 Å². The maximum absolute atomic E-state index is 13.2. The van der Waals surface area contributed by atoms with E-state index in [1.807, 2.05) is 49.4 Å². The number of β-amino-alcohol motifs (C(OH)–C–C–N with tert-alkyl or cyclic N) is 1. The molecule has 7 rings (SSSR count). The number of hydrogen-bond acceptors (Lipinski definition) is 8. The molecule has 0 bridgehead atoms. The number of halogens is 1. The van der Waals surface area contributed by atoms with Crippen LogP contribution in [0.1, 0.15) is 40.0 Å². The number of nitrogens with zero attached hydrogens (tertiary/aromatic N) is 4. The van der Waals surface area contributed by atoms with Crippen LogP contribution in [0.25, 0.3) is 22.4 Å². The number of aromatic nitrogens is 2. The van der Waals surface area contributed by atoms with Gasteiger partial charge in [0.15, 0.2) is 0 Å². The largest absolute Gasteiger partial charge is 0.496 e. The Morgan fingerprint density at radius 3 is 2.67 bits per heavy atom. The number of carbonyl (C=O) groups excluding carboxylic acids is 2. The fraction of sp³-hybridized carbons (Fsp3) is 0.351. The van der Waals surface area contributed by atoms with Gasteiger partial charge in [-0.25, -0.2) is 0 Å². The van der Waals surface area contributed by atoms with Crippen LogP contribution >= 0.6 is 11.6 Å². The third kappa shape index (κ3) is 6.53. The normalized spacial score (nSPS) is 18.9. The lowest BCUT2D eigenvalue weighted by atomic mass is 9.79. The third-order valence-electron chi connectivity index (χ3n) is 9.74. The van der Waals surface area contributed by atoms with Crippen molar-refractivity contribution >= 4 is 29.1 Å². The third-order valence-corrected chi connectivity index (χ3v) is 10.1. The Labute approximate surface area is 285 Å². The number of nitrogens with one attached hydrogen (secondary N) is 2. The van der Waals surface area contributed by atoms with Crippen molar-refractivity contribution in [1.29, 1.82) is 0 Å². The molecule has 2 aromatic carbocycles. The van der Waals surface area contributed by atoms with Gasteiger partial charge in [0.05, 0.1) is 23.9 Å². The van der Waals surface area contributed by atoms with Crippen molar-refractivity contribution in [2.24, 2.45) is 5.41 Å². The van der Waals surface area contributed by atoms with Crippen molar-refractivity contribution in [1.82, 2.24) is 25.1 Å². The number of amides is 2. The molecule has 11 heteroatoms. The molecule has 3 saturated heterocycles. The number of rotatable bonds is 9. The molecule has 0 radical (unpaired) electrons. The van der Waals surface area contributed by atoms with Crippen molar-refractivity contribution in [3.63, 3.8) is 0 Å². The molecule has 3 aliphatic rings. The van der Waals surface area contributed by atoms with Gasteiger partial charge in [0, 0.05) is 92.4 Å². The molecule has 3 aliphatic heterocycles. The fourth-order valence-electron chi connectivity index (χ4n) is 7.22. The van der Waals surface area contributed by atoms with E-state index in [2.05, 4.69) is 36.5 Å². The van der Waals surface area contributed by atoms with Gasteiger partial charge in [0.2, 0.25) is 5.91 Å². The first-order chi connectivity index (χ1) is 23.2. The molecular weight excluding hydrogens is 628 g/mol. The van der Waals surface area contributed by atoms with Gasteiger partial charge in [0.1, 0.15) is 11.4 Å². The molecule has 2 aromatic heterocycles. The highest BCUT2D eigenvalue weighted by molar-refractivity contribution is 6.35. The highest BCUT2D eigenvalue weighted by Crippen LogP contribution is 2.41. The van der Waals surface area contributed by atoms with Crippen LogP contribution < -0.4 is 15.4 Å². The molecule has 1 unspecified atom stereocenters. The van der Waals surface area contributed by atoms with E-state index in [9.17, 15) is 14.7 Å². The smallest absolute Gasteiger partial charge is 0.274 e. The zero-order valence-electron chi connectivity index (χ0n) is 27.1. The van der Waals surface area contributed by atoms with Crippen LogP contribution in [0.4, 0.5) is 5.69 Å². The Hall–Kier alpha value is -4.35. The highest BCUT2D eigenvalue weighted by Gasteiger charge is 2.47. The lowest BCUT2D eigenvalue weighted by Gasteiger charge is -2.47. The molecule has 1 spiro atoms. The summed E-state index contributed by atoms with van der Waals surface area (Å²) in [6, 6.07) is 17.3. The Morgan fingerprint density at radius 2 is 1.96 bits per heavy atom. The van der Waals surface area contributed by atoms with Gasteiger partial charge in [-0.3, -0.25) is 29.4 Å². The number of methoxy groups -OCH3 is 1. The zero-order chi connectivity index (χ0) is 33.4. The van der Waals surface area contributed by atoms with E-state index >= 15 is 0 Å². The predicted octanol–water partition coefficient (Wildman–Crippen LogP) is 4.92. The summed E-state index contributed by atoms with van der Waals surface area (Å²) in [6.07, 6.45) is 4.58. The first kappa shape index (κ1) is 32.2. The van der Waals surface area contributed by atoms with Gasteiger partial charge >= 0.3 is 0 Å². The topological polar surface area (TPSA) is 120 Å². The fourth-order valence-corrected chi connectivity index (χ4v) is 7.54. The van der Waals surface area contributed by atoms with Crippen LogP contribution in [0.15, 0.2) is 67.0 Å². The van der Waals surface area contributed by atoms with Crippen LogP contribution in [0.5, 0.6) is 5.75 Å². The molecule has 4 aromatic rings. The van der Waals surface area contributed by atoms with Crippen molar-refractivity contribution in [2.45, 2.75) is 39.0 Å². The second-order valence-corrected chi connectivity index (χ2v) is 13.7. The van der Waals surface area contributed by atoms with Crippen LogP contribution in [0.3, 0.4) is 0 Å². The Morgan fingerprint density at radius 1 is 1.10 bits per heavy atom. The molecule has 10 nitrogen and oxygen atoms in total. The van der Waals surface area contributed by atoms with Gasteiger partial charge in [-0.2, -0.15) is 0 Å². The molecule has 5 heterocycles. The SMILES string of the molecule is COc1cc(-c2nccc(-c3cccc(NC(=O)c4ccc(CN5CCC(O)C5)cn4)c3C)c2Cl)ccc1CN1CC2(CNC(=O)C2)C1. The average molecular weight is 667 g/mol. The minimum Gasteiger partial charge on any atom is -0.496 e. The first-order valence-corrected chi connectivity index (χ1v) is 16.7. The maximum atomic E-state index is 13.2. The summed E-state index contributed by atoms with van der Waals surface area (Å²) in [5.74, 6) is 0.605. The van der Waals surface area contributed by atoms with E-state index in [-0.39, 0.29) is 23.3 Å². The molecule has 2 amide bonds. The lowest BCUT2D eigenvalue weighted by molar-refractivity contribution is -0.120. The Bertz CT molecular complexity index is 1860. The van der Waals surface area contributed by atoms with Crippen LogP contribution in [0.2, 0.25) is 5.02 Å². The first-order valence-electron chi connectivity index (χ1n) is 16.3. The maximum Gasteiger partial charge on any atom is 0.274 e. The average Bonchev–Trinajstić information content (AvgIpc) is 3.67. The van der Waals surface area contributed by atoms with Gasteiger partial charge in [0.25, 0.3) is 5.91 Å². The van der Waals surface area contributed by atoms with E-state index < -0.39 is 0 Å². The second-order valence-electron chi connectivity index (χ2n) is 13.3. The van der Waals surface area contributed by atoms with Crippen LogP contribution in [0, 0.1) is 12.3 Å². The highest BCUT2D eigenvalue weighted by atomic mass is 35.5. The number of anilines is 1. The second kappa shape index (κ2) is 13.3. The van der Waals surface area contributed by atoms with E-state index in [0.29, 0.717) is 41.6 Å². The van der Waals surface area contributed by atoms with Crippen molar-refractivity contribution in [3.05, 3.63) is 94.4 Å². The number of aliphatic hydroxyl groups excluding tert-OH is 1. The summed E-state index contributed by atoms with van der Waals surface area (Å²) < 4.78 is 5.79. The standard InChI is InChI=1S/C37H39ClN6O4/c1-23-28(4-3-5-30(23)42-36(47)31-9-6-24(16-40-31)17-43-13-11-27(45)19-43)29-10-12-39-35(34(29)38)25-7-8-26(32(14-25)48-2)18-44-21-37(22-44)15-33(46)41-20-37/h3-10,12,14,16,27,45H,11,13,15,17-22H2,1-2H3,(H,41,46)(H,42,47). The molecule has 0 saturated carbocycles. The Balaban J connectivity index is 1.06. The van der Waals surface area contributed by atoms with Gasteiger partial charge in [-0.05, 0) is 54.3 Å². The number of pyridine rings is 2. The summed E-state index contributed by atoms with van der Waals surface area (Å²) in [7, 11) is 1.67. The molecule has 48 heavy (non-hydrogen) atoms. The molecule has 3 N–H and O–H groups in total. The minimum atomic E-state index is -0.297. The van der Waals surface area contributed by atoms with Crippen molar-refractivity contribution in [3.8, 4) is 28.1 Å². The number of hydrogen-bond donors (Lipinski definition) is 3. The predicted molar refractivity (Wildman–Crippen MR) is 185 cm³/mol. The van der Waals surface area contributed by atoms with Gasteiger partial charge < -0.3 is 20.5 Å². The number of carbonyl (C=O) groups is 2.